The maximum absolute atomic E-state index is 5.10. The molecule has 0 spiro atoms. The predicted molar refractivity (Wildman–Crippen MR) is 42.8 cm³/mol. The first-order valence-electron chi connectivity index (χ1n) is 2.96. The van der Waals surface area contributed by atoms with Gasteiger partial charge in [0.15, 0.2) is 0 Å². The molecule has 0 atom stereocenters. The van der Waals surface area contributed by atoms with Crippen LogP contribution >= 0.6 is 11.3 Å². The van der Waals surface area contributed by atoms with E-state index in [9.17, 15) is 0 Å². The topological polar surface area (TPSA) is 9.23 Å². The molecule has 1 rings (SSSR count). The molecule has 0 amide bonds. The van der Waals surface area contributed by atoms with Crippen molar-refractivity contribution in [2.75, 3.05) is 6.61 Å². The van der Waals surface area contributed by atoms with Gasteiger partial charge in [-0.25, -0.2) is 0 Å². The number of ether oxygens (including phenoxy) is 1. The smallest absolute Gasteiger partial charge is 0.107 e. The Morgan fingerprint density at radius 2 is 2.60 bits per heavy atom. The van der Waals surface area contributed by atoms with E-state index in [0.29, 0.717) is 13.2 Å². The molecule has 2 heteroatoms. The first kappa shape index (κ1) is 7.33. The predicted octanol–water partition coefficient (Wildman–Crippen LogP) is 1.90. The average Bonchev–Trinajstić information content (AvgIpc) is 2.41. The lowest BCUT2D eigenvalue weighted by molar-refractivity contribution is 0.154. The summed E-state index contributed by atoms with van der Waals surface area (Å²) in [4.78, 5) is 0. The maximum atomic E-state index is 5.10. The van der Waals surface area contributed by atoms with E-state index in [0.717, 1.165) is 0 Å². The molecule has 0 aliphatic heterocycles. The second-order valence-corrected chi connectivity index (χ2v) is 2.61. The zero-order valence-electron chi connectivity index (χ0n) is 5.54. The summed E-state index contributed by atoms with van der Waals surface area (Å²) in [5.41, 5.74) is 1.19. The third-order valence-electron chi connectivity index (χ3n) is 1.03. The zero-order valence-corrected chi connectivity index (χ0v) is 6.36. The Kier molecular flexibility index (Phi) is 3.01. The molecule has 0 saturated carbocycles. The summed E-state index contributed by atoms with van der Waals surface area (Å²) in [5.74, 6) is 2.41. The quantitative estimate of drug-likeness (QED) is 0.475. The molecule has 1 heterocycles. The fourth-order valence-corrected chi connectivity index (χ4v) is 1.26. The first-order chi connectivity index (χ1) is 4.93. The van der Waals surface area contributed by atoms with Crippen molar-refractivity contribution in [1.29, 1.82) is 0 Å². The van der Waals surface area contributed by atoms with Crippen LogP contribution in [0, 0.1) is 12.3 Å². The van der Waals surface area contributed by atoms with Crippen LogP contribution in [0.1, 0.15) is 5.56 Å². The highest BCUT2D eigenvalue weighted by Crippen LogP contribution is 2.06. The van der Waals surface area contributed by atoms with Crippen LogP contribution in [0.15, 0.2) is 16.8 Å². The van der Waals surface area contributed by atoms with Crippen LogP contribution in [0.3, 0.4) is 0 Å². The summed E-state index contributed by atoms with van der Waals surface area (Å²) in [6.07, 6.45) is 5.00. The Bertz CT molecular complexity index is 208. The first-order valence-corrected chi connectivity index (χ1v) is 3.90. The van der Waals surface area contributed by atoms with E-state index in [1.165, 1.54) is 5.56 Å². The van der Waals surface area contributed by atoms with E-state index in [2.05, 4.69) is 11.3 Å². The summed E-state index contributed by atoms with van der Waals surface area (Å²) in [7, 11) is 0. The minimum atomic E-state index is 0.399. The molecule has 0 N–H and O–H groups in total. The van der Waals surface area contributed by atoms with Crippen LogP contribution in [0.2, 0.25) is 0 Å². The molecular weight excluding hydrogens is 144 g/mol. The van der Waals surface area contributed by atoms with Crippen LogP contribution in [0.4, 0.5) is 0 Å². The van der Waals surface area contributed by atoms with E-state index in [1.54, 1.807) is 11.3 Å². The second kappa shape index (κ2) is 4.10. The van der Waals surface area contributed by atoms with Gasteiger partial charge in [0.2, 0.25) is 0 Å². The lowest BCUT2D eigenvalue weighted by atomic mass is 10.4. The average molecular weight is 152 g/mol. The molecule has 0 aromatic carbocycles. The molecule has 1 nitrogen and oxygen atoms in total. The Labute approximate surface area is 64.6 Å². The van der Waals surface area contributed by atoms with E-state index in [4.69, 9.17) is 11.2 Å². The summed E-state index contributed by atoms with van der Waals surface area (Å²) >= 11 is 1.67. The summed E-state index contributed by atoms with van der Waals surface area (Å²) in [6.45, 7) is 1.03. The molecule has 0 saturated heterocycles. The van der Waals surface area contributed by atoms with Gasteiger partial charge in [-0.05, 0) is 22.4 Å². The Hall–Kier alpha value is -0.780. The molecule has 0 aliphatic carbocycles. The van der Waals surface area contributed by atoms with Gasteiger partial charge >= 0.3 is 0 Å². The summed E-state index contributed by atoms with van der Waals surface area (Å²) in [5, 5.41) is 4.07. The number of rotatable bonds is 3. The van der Waals surface area contributed by atoms with E-state index < -0.39 is 0 Å². The highest BCUT2D eigenvalue weighted by atomic mass is 32.1. The van der Waals surface area contributed by atoms with Gasteiger partial charge in [0, 0.05) is 0 Å². The summed E-state index contributed by atoms with van der Waals surface area (Å²) < 4.78 is 5.10. The SMILES string of the molecule is C#CCOCc1ccsc1. The minimum absolute atomic E-state index is 0.399. The van der Waals surface area contributed by atoms with Crippen molar-refractivity contribution in [3.63, 3.8) is 0 Å². The van der Waals surface area contributed by atoms with Gasteiger partial charge in [0.25, 0.3) is 0 Å². The monoisotopic (exact) mass is 152 g/mol. The van der Waals surface area contributed by atoms with Crippen molar-refractivity contribution >= 4 is 11.3 Å². The molecule has 1 aromatic rings. The second-order valence-electron chi connectivity index (χ2n) is 1.83. The third kappa shape index (κ3) is 2.22. The Morgan fingerprint density at radius 3 is 3.20 bits per heavy atom. The highest BCUT2D eigenvalue weighted by Gasteiger charge is 1.89. The van der Waals surface area contributed by atoms with Gasteiger partial charge in [0.1, 0.15) is 6.61 Å². The number of hydrogen-bond donors (Lipinski definition) is 0. The van der Waals surface area contributed by atoms with Gasteiger partial charge in [0.05, 0.1) is 6.61 Å². The highest BCUT2D eigenvalue weighted by molar-refractivity contribution is 7.07. The molecule has 10 heavy (non-hydrogen) atoms. The maximum Gasteiger partial charge on any atom is 0.107 e. The third-order valence-corrected chi connectivity index (χ3v) is 1.77. The van der Waals surface area contributed by atoms with Crippen LogP contribution in [0.5, 0.6) is 0 Å². The number of hydrogen-bond acceptors (Lipinski definition) is 2. The zero-order chi connectivity index (χ0) is 7.23. The van der Waals surface area contributed by atoms with E-state index in [1.807, 2.05) is 11.4 Å². The molecule has 0 fully saturated rings. The fourth-order valence-electron chi connectivity index (χ4n) is 0.603. The van der Waals surface area contributed by atoms with Gasteiger partial charge in [-0.3, -0.25) is 0 Å². The van der Waals surface area contributed by atoms with Gasteiger partial charge in [-0.15, -0.1) is 6.42 Å². The van der Waals surface area contributed by atoms with Crippen molar-refractivity contribution in [3.8, 4) is 12.3 Å². The standard InChI is InChI=1S/C8H8OS/c1-2-4-9-6-8-3-5-10-7-8/h1,3,5,7H,4,6H2. The van der Waals surface area contributed by atoms with Crippen molar-refractivity contribution in [2.24, 2.45) is 0 Å². The lowest BCUT2D eigenvalue weighted by Gasteiger charge is -1.94. The summed E-state index contributed by atoms with van der Waals surface area (Å²) in [6, 6.07) is 2.03. The molecular formula is C8H8OS. The van der Waals surface area contributed by atoms with E-state index in [-0.39, 0.29) is 0 Å². The molecule has 0 radical (unpaired) electrons. The van der Waals surface area contributed by atoms with Crippen molar-refractivity contribution in [1.82, 2.24) is 0 Å². The fraction of sp³-hybridized carbons (Fsp3) is 0.250. The van der Waals surface area contributed by atoms with Gasteiger partial charge < -0.3 is 4.74 Å². The lowest BCUT2D eigenvalue weighted by Crippen LogP contribution is -1.89. The van der Waals surface area contributed by atoms with E-state index >= 15 is 0 Å². The van der Waals surface area contributed by atoms with Gasteiger partial charge in [-0.1, -0.05) is 5.92 Å². The normalized spacial score (nSPS) is 9.10. The molecule has 0 aliphatic rings. The van der Waals surface area contributed by atoms with Crippen LogP contribution < -0.4 is 0 Å². The molecule has 1 aromatic heterocycles. The molecule has 0 bridgehead atoms. The Balaban J connectivity index is 2.23. The van der Waals surface area contributed by atoms with Crippen molar-refractivity contribution in [3.05, 3.63) is 22.4 Å². The minimum Gasteiger partial charge on any atom is -0.364 e. The van der Waals surface area contributed by atoms with Gasteiger partial charge in [-0.2, -0.15) is 11.3 Å². The van der Waals surface area contributed by atoms with Crippen molar-refractivity contribution < 1.29 is 4.74 Å². The number of thiophene rings is 1. The van der Waals surface area contributed by atoms with Crippen molar-refractivity contribution in [2.45, 2.75) is 6.61 Å². The molecule has 52 valence electrons. The van der Waals surface area contributed by atoms with Crippen LogP contribution in [0.25, 0.3) is 0 Å². The van der Waals surface area contributed by atoms with Crippen LogP contribution in [-0.4, -0.2) is 6.61 Å². The Morgan fingerprint density at radius 1 is 1.70 bits per heavy atom. The molecule has 0 unspecified atom stereocenters. The number of terminal acetylenes is 1. The van der Waals surface area contributed by atoms with Crippen LogP contribution in [-0.2, 0) is 11.3 Å². The largest absolute Gasteiger partial charge is 0.364 e.